The Morgan fingerprint density at radius 3 is 2.24 bits per heavy atom. The molecule has 0 amide bonds. The standard InChI is InChI=1S/C28H16N6/c29-17-18-8-6-11-20(16-18)34-23-14-7-15-30-25(23)26-28(34)32-27-24(31-26)21-12-4-5-13-22(21)33(27)19-9-2-1-3-10-19/h1-16H. The highest BCUT2D eigenvalue weighted by Crippen LogP contribution is 2.34. The Morgan fingerprint density at radius 1 is 0.618 bits per heavy atom. The number of para-hydroxylation sites is 2. The molecule has 0 fully saturated rings. The first-order valence-electron chi connectivity index (χ1n) is 11.0. The highest BCUT2D eigenvalue weighted by molar-refractivity contribution is 6.11. The molecule has 0 atom stereocenters. The maximum atomic E-state index is 9.47. The van der Waals surface area contributed by atoms with Crippen LogP contribution < -0.4 is 0 Å². The molecular weight excluding hydrogens is 420 g/mol. The van der Waals surface area contributed by atoms with Crippen LogP contribution in [0.5, 0.6) is 0 Å². The van der Waals surface area contributed by atoms with Gasteiger partial charge in [-0.2, -0.15) is 5.26 Å². The molecule has 158 valence electrons. The fourth-order valence-electron chi connectivity index (χ4n) is 4.74. The van der Waals surface area contributed by atoms with Gasteiger partial charge in [-0.1, -0.05) is 42.5 Å². The van der Waals surface area contributed by atoms with Gasteiger partial charge in [-0.25, -0.2) is 9.97 Å². The van der Waals surface area contributed by atoms with Crippen molar-refractivity contribution in [1.29, 1.82) is 5.26 Å². The van der Waals surface area contributed by atoms with Gasteiger partial charge < -0.3 is 0 Å². The third-order valence-corrected chi connectivity index (χ3v) is 6.18. The summed E-state index contributed by atoms with van der Waals surface area (Å²) in [4.78, 5) is 15.0. The van der Waals surface area contributed by atoms with Gasteiger partial charge in [0.2, 0.25) is 0 Å². The predicted octanol–water partition coefficient (Wildman–Crippen LogP) is 5.94. The number of pyridine rings is 1. The number of nitrogens with zero attached hydrogens (tertiary/aromatic N) is 6. The van der Waals surface area contributed by atoms with E-state index in [9.17, 15) is 5.26 Å². The van der Waals surface area contributed by atoms with E-state index in [-0.39, 0.29) is 0 Å². The molecular formula is C28H16N6. The Bertz CT molecular complexity index is 1920. The van der Waals surface area contributed by atoms with E-state index in [1.54, 1.807) is 12.3 Å². The first kappa shape index (κ1) is 18.5. The van der Waals surface area contributed by atoms with Crippen molar-refractivity contribution in [3.63, 3.8) is 0 Å². The lowest BCUT2D eigenvalue weighted by Gasteiger charge is -2.08. The van der Waals surface area contributed by atoms with Crippen molar-refractivity contribution < 1.29 is 0 Å². The minimum absolute atomic E-state index is 0.587. The molecule has 0 N–H and O–H groups in total. The Labute approximate surface area is 194 Å². The van der Waals surface area contributed by atoms with Crippen molar-refractivity contribution in [3.8, 4) is 17.4 Å². The van der Waals surface area contributed by atoms with E-state index in [0.717, 1.165) is 50.0 Å². The minimum atomic E-state index is 0.587. The first-order chi connectivity index (χ1) is 16.8. The summed E-state index contributed by atoms with van der Waals surface area (Å²) in [6, 6.07) is 32.1. The Hall–Kier alpha value is -5.02. The van der Waals surface area contributed by atoms with Crippen molar-refractivity contribution in [3.05, 3.63) is 103 Å². The number of rotatable bonds is 2. The molecule has 0 aliphatic heterocycles. The second-order valence-corrected chi connectivity index (χ2v) is 8.12. The van der Waals surface area contributed by atoms with Gasteiger partial charge in [0.05, 0.1) is 22.7 Å². The Kier molecular flexibility index (Phi) is 3.81. The van der Waals surface area contributed by atoms with Gasteiger partial charge in [-0.15, -0.1) is 0 Å². The zero-order valence-electron chi connectivity index (χ0n) is 17.9. The van der Waals surface area contributed by atoms with E-state index in [2.05, 4.69) is 39.9 Å². The van der Waals surface area contributed by atoms with Crippen molar-refractivity contribution in [1.82, 2.24) is 24.1 Å². The Balaban J connectivity index is 1.69. The second kappa shape index (κ2) is 6.99. The molecule has 0 aliphatic carbocycles. The molecule has 3 aromatic carbocycles. The van der Waals surface area contributed by atoms with Crippen LogP contribution in [-0.4, -0.2) is 24.1 Å². The summed E-state index contributed by atoms with van der Waals surface area (Å²) in [5.74, 6) is 0. The molecule has 0 radical (unpaired) electrons. The quantitative estimate of drug-likeness (QED) is 0.336. The zero-order valence-corrected chi connectivity index (χ0v) is 17.9. The molecule has 0 saturated carbocycles. The molecule has 34 heavy (non-hydrogen) atoms. The van der Waals surface area contributed by atoms with Gasteiger partial charge in [0.15, 0.2) is 11.3 Å². The Morgan fingerprint density at radius 2 is 1.35 bits per heavy atom. The first-order valence-corrected chi connectivity index (χ1v) is 11.0. The summed E-state index contributed by atoms with van der Waals surface area (Å²) in [7, 11) is 0. The summed E-state index contributed by atoms with van der Waals surface area (Å²) in [5, 5.41) is 10.5. The molecule has 0 unspecified atom stereocenters. The van der Waals surface area contributed by atoms with Gasteiger partial charge in [0.25, 0.3) is 0 Å². The van der Waals surface area contributed by atoms with Crippen LogP contribution in [0.4, 0.5) is 0 Å². The van der Waals surface area contributed by atoms with Crippen LogP contribution >= 0.6 is 0 Å². The topological polar surface area (TPSA) is 72.3 Å². The minimum Gasteiger partial charge on any atom is -0.292 e. The largest absolute Gasteiger partial charge is 0.292 e. The predicted molar refractivity (Wildman–Crippen MR) is 133 cm³/mol. The van der Waals surface area contributed by atoms with E-state index in [0.29, 0.717) is 11.2 Å². The number of hydrogen-bond acceptors (Lipinski definition) is 4. The van der Waals surface area contributed by atoms with Crippen LogP contribution in [0.15, 0.2) is 97.2 Å². The second-order valence-electron chi connectivity index (χ2n) is 8.12. The van der Waals surface area contributed by atoms with Crippen LogP contribution in [0.2, 0.25) is 0 Å². The fourth-order valence-corrected chi connectivity index (χ4v) is 4.74. The van der Waals surface area contributed by atoms with E-state index in [1.165, 1.54) is 0 Å². The van der Waals surface area contributed by atoms with Crippen molar-refractivity contribution in [2.75, 3.05) is 0 Å². The molecule has 0 saturated heterocycles. The average molecular weight is 436 g/mol. The van der Waals surface area contributed by atoms with E-state index < -0.39 is 0 Å². The van der Waals surface area contributed by atoms with E-state index in [1.807, 2.05) is 65.2 Å². The third kappa shape index (κ3) is 2.52. The van der Waals surface area contributed by atoms with Crippen LogP contribution in [0, 0.1) is 11.3 Å². The average Bonchev–Trinajstić information content (AvgIpc) is 3.40. The lowest BCUT2D eigenvalue weighted by molar-refractivity contribution is 1.10. The number of aromatic nitrogens is 5. The molecule has 0 aliphatic rings. The monoisotopic (exact) mass is 436 g/mol. The summed E-state index contributed by atoms with van der Waals surface area (Å²) in [5.41, 5.74) is 8.25. The van der Waals surface area contributed by atoms with Crippen molar-refractivity contribution in [2.24, 2.45) is 0 Å². The highest BCUT2D eigenvalue weighted by Gasteiger charge is 2.21. The van der Waals surface area contributed by atoms with E-state index in [4.69, 9.17) is 9.97 Å². The molecule has 0 bridgehead atoms. The number of fused-ring (bicyclic) bond motifs is 6. The lowest BCUT2D eigenvalue weighted by Crippen LogP contribution is -1.99. The number of hydrogen-bond donors (Lipinski definition) is 0. The summed E-state index contributed by atoms with van der Waals surface area (Å²) in [6.45, 7) is 0. The maximum Gasteiger partial charge on any atom is 0.168 e. The van der Waals surface area contributed by atoms with Crippen molar-refractivity contribution in [2.45, 2.75) is 0 Å². The molecule has 4 aromatic heterocycles. The molecule has 7 rings (SSSR count). The van der Waals surface area contributed by atoms with Gasteiger partial charge >= 0.3 is 0 Å². The summed E-state index contributed by atoms with van der Waals surface area (Å²) >= 11 is 0. The fraction of sp³-hybridized carbons (Fsp3) is 0. The number of benzene rings is 3. The van der Waals surface area contributed by atoms with Crippen LogP contribution in [0.3, 0.4) is 0 Å². The molecule has 7 aromatic rings. The van der Waals surface area contributed by atoms with Gasteiger partial charge in [0, 0.05) is 23.0 Å². The third-order valence-electron chi connectivity index (χ3n) is 6.18. The lowest BCUT2D eigenvalue weighted by atomic mass is 10.2. The van der Waals surface area contributed by atoms with Gasteiger partial charge in [-0.05, 0) is 48.5 Å². The normalized spacial score (nSPS) is 11.5. The van der Waals surface area contributed by atoms with Gasteiger partial charge in [0.1, 0.15) is 16.6 Å². The zero-order chi connectivity index (χ0) is 22.6. The maximum absolute atomic E-state index is 9.47. The van der Waals surface area contributed by atoms with E-state index >= 15 is 0 Å². The molecule has 6 nitrogen and oxygen atoms in total. The van der Waals surface area contributed by atoms with Crippen LogP contribution in [-0.2, 0) is 0 Å². The van der Waals surface area contributed by atoms with Crippen molar-refractivity contribution >= 4 is 44.3 Å². The molecule has 4 heterocycles. The smallest absolute Gasteiger partial charge is 0.168 e. The van der Waals surface area contributed by atoms with Crippen LogP contribution in [0.25, 0.3) is 55.6 Å². The molecule has 0 spiro atoms. The highest BCUT2D eigenvalue weighted by atomic mass is 15.1. The summed E-state index contributed by atoms with van der Waals surface area (Å²) < 4.78 is 4.19. The van der Waals surface area contributed by atoms with Crippen LogP contribution in [0.1, 0.15) is 5.56 Å². The molecule has 6 heteroatoms. The SMILES string of the molecule is N#Cc1cccc(-n2c3cccnc3c3nc4c5ccccc5n(-c5ccccc5)c4nc32)c1. The summed E-state index contributed by atoms with van der Waals surface area (Å²) in [6.07, 6.45) is 1.77. The number of nitriles is 1. The van der Waals surface area contributed by atoms with Gasteiger partial charge in [-0.3, -0.25) is 14.1 Å².